The Balaban J connectivity index is 1.74. The van der Waals surface area contributed by atoms with Crippen molar-refractivity contribution in [3.05, 3.63) is 63.9 Å². The number of hydrogen-bond donors (Lipinski definition) is 0. The number of halogens is 2. The number of esters is 1. The van der Waals surface area contributed by atoms with Crippen molar-refractivity contribution in [1.29, 1.82) is 0 Å². The monoisotopic (exact) mass is 321 g/mol. The molecule has 0 aliphatic heterocycles. The topological polar surface area (TPSA) is 39.2 Å². The Morgan fingerprint density at radius 2 is 2.10 bits per heavy atom. The summed E-state index contributed by atoms with van der Waals surface area (Å²) in [7, 11) is 0. The van der Waals surface area contributed by atoms with Crippen LogP contribution in [0.5, 0.6) is 0 Å². The van der Waals surface area contributed by atoms with E-state index in [1.54, 1.807) is 0 Å². The van der Waals surface area contributed by atoms with E-state index in [2.05, 4.69) is 4.98 Å². The van der Waals surface area contributed by atoms with E-state index in [4.69, 9.17) is 16.3 Å². The highest BCUT2D eigenvalue weighted by Crippen LogP contribution is 2.23. The highest BCUT2D eigenvalue weighted by Gasteiger charge is 2.15. The molecule has 3 rings (SSSR count). The maximum Gasteiger partial charge on any atom is 0.341 e. The van der Waals surface area contributed by atoms with Crippen LogP contribution in [0.3, 0.4) is 0 Å². The second kappa shape index (κ2) is 5.79. The van der Waals surface area contributed by atoms with Crippen LogP contribution in [0.4, 0.5) is 4.39 Å². The number of thiazole rings is 1. The van der Waals surface area contributed by atoms with Gasteiger partial charge < -0.3 is 4.74 Å². The first kappa shape index (κ1) is 14.0. The third-order valence-corrected chi connectivity index (χ3v) is 4.06. The second-order valence-electron chi connectivity index (χ2n) is 4.28. The Labute approximate surface area is 129 Å². The van der Waals surface area contributed by atoms with E-state index in [1.807, 2.05) is 24.3 Å². The molecule has 0 aliphatic carbocycles. The van der Waals surface area contributed by atoms with Crippen LogP contribution in [0.1, 0.15) is 15.4 Å². The van der Waals surface area contributed by atoms with Crippen LogP contribution in [-0.4, -0.2) is 11.0 Å². The number of aromatic nitrogens is 1. The van der Waals surface area contributed by atoms with Crippen LogP contribution in [0.15, 0.2) is 42.5 Å². The van der Waals surface area contributed by atoms with Crippen molar-refractivity contribution in [1.82, 2.24) is 4.98 Å². The summed E-state index contributed by atoms with van der Waals surface area (Å²) in [6.07, 6.45) is 0. The van der Waals surface area contributed by atoms with Crippen molar-refractivity contribution in [2.45, 2.75) is 6.61 Å². The molecule has 1 aromatic heterocycles. The molecule has 0 amide bonds. The number of hydrogen-bond acceptors (Lipinski definition) is 4. The fourth-order valence-corrected chi connectivity index (χ4v) is 2.89. The molecule has 0 fully saturated rings. The van der Waals surface area contributed by atoms with E-state index in [1.165, 1.54) is 23.5 Å². The Hall–Kier alpha value is -1.98. The van der Waals surface area contributed by atoms with E-state index in [9.17, 15) is 9.18 Å². The molecule has 0 spiro atoms. The fourth-order valence-electron chi connectivity index (χ4n) is 1.84. The third-order valence-electron chi connectivity index (χ3n) is 2.81. The van der Waals surface area contributed by atoms with Gasteiger partial charge in [0, 0.05) is 5.02 Å². The van der Waals surface area contributed by atoms with Crippen LogP contribution in [0.2, 0.25) is 5.02 Å². The van der Waals surface area contributed by atoms with Crippen LogP contribution in [-0.2, 0) is 11.3 Å². The minimum Gasteiger partial charge on any atom is -0.455 e. The average molecular weight is 322 g/mol. The SMILES string of the molecule is O=C(OCc1nc2ccccc2s1)c1cc(Cl)ccc1F. The van der Waals surface area contributed by atoms with Gasteiger partial charge in [-0.1, -0.05) is 23.7 Å². The van der Waals surface area contributed by atoms with Gasteiger partial charge in [0.05, 0.1) is 15.8 Å². The zero-order valence-electron chi connectivity index (χ0n) is 10.7. The van der Waals surface area contributed by atoms with E-state index in [0.29, 0.717) is 5.01 Å². The maximum absolute atomic E-state index is 13.5. The van der Waals surface area contributed by atoms with E-state index in [-0.39, 0.29) is 17.2 Å². The van der Waals surface area contributed by atoms with Crippen LogP contribution >= 0.6 is 22.9 Å². The first-order chi connectivity index (χ1) is 10.1. The number of benzene rings is 2. The molecule has 3 aromatic rings. The second-order valence-corrected chi connectivity index (χ2v) is 5.83. The number of para-hydroxylation sites is 1. The van der Waals surface area contributed by atoms with Gasteiger partial charge in [0.25, 0.3) is 0 Å². The lowest BCUT2D eigenvalue weighted by atomic mass is 10.2. The number of fused-ring (bicyclic) bond motifs is 1. The summed E-state index contributed by atoms with van der Waals surface area (Å²) in [6.45, 7) is 0.00410. The van der Waals surface area contributed by atoms with Crippen molar-refractivity contribution >= 4 is 39.1 Å². The predicted molar refractivity (Wildman–Crippen MR) is 80.1 cm³/mol. The van der Waals surface area contributed by atoms with E-state index >= 15 is 0 Å². The number of carbonyl (C=O) groups excluding carboxylic acids is 1. The molecule has 3 nitrogen and oxygen atoms in total. The Bertz CT molecular complexity index is 785. The minimum atomic E-state index is -0.755. The Morgan fingerprint density at radius 3 is 2.90 bits per heavy atom. The van der Waals surface area contributed by atoms with Crippen molar-refractivity contribution < 1.29 is 13.9 Å². The highest BCUT2D eigenvalue weighted by molar-refractivity contribution is 7.18. The van der Waals surface area contributed by atoms with Crippen molar-refractivity contribution in [2.24, 2.45) is 0 Å². The van der Waals surface area contributed by atoms with E-state index < -0.39 is 11.8 Å². The normalized spacial score (nSPS) is 10.8. The van der Waals surface area contributed by atoms with Crippen molar-refractivity contribution in [2.75, 3.05) is 0 Å². The Morgan fingerprint density at radius 1 is 1.29 bits per heavy atom. The van der Waals surface area contributed by atoms with Crippen LogP contribution in [0.25, 0.3) is 10.2 Å². The highest BCUT2D eigenvalue weighted by atomic mass is 35.5. The predicted octanol–water partition coefficient (Wildman–Crippen LogP) is 4.45. The van der Waals surface area contributed by atoms with Gasteiger partial charge >= 0.3 is 5.97 Å². The summed E-state index contributed by atoms with van der Waals surface area (Å²) < 4.78 is 19.6. The smallest absolute Gasteiger partial charge is 0.341 e. The van der Waals surface area contributed by atoms with Gasteiger partial charge in [-0.05, 0) is 30.3 Å². The van der Waals surface area contributed by atoms with Gasteiger partial charge in [-0.25, -0.2) is 14.2 Å². The molecular weight excluding hydrogens is 313 g/mol. The molecule has 0 radical (unpaired) electrons. The fraction of sp³-hybridized carbons (Fsp3) is 0.0667. The molecule has 0 unspecified atom stereocenters. The van der Waals surface area contributed by atoms with Crippen LogP contribution < -0.4 is 0 Å². The van der Waals surface area contributed by atoms with Crippen molar-refractivity contribution in [3.8, 4) is 0 Å². The average Bonchev–Trinajstić information content (AvgIpc) is 2.90. The number of carbonyl (C=O) groups is 1. The largest absolute Gasteiger partial charge is 0.455 e. The molecule has 0 bridgehead atoms. The van der Waals surface area contributed by atoms with Gasteiger partial charge in [0.2, 0.25) is 0 Å². The van der Waals surface area contributed by atoms with Gasteiger partial charge in [-0.3, -0.25) is 0 Å². The summed E-state index contributed by atoms with van der Waals surface area (Å²) >= 11 is 7.18. The molecule has 0 saturated carbocycles. The summed E-state index contributed by atoms with van der Waals surface area (Å²) in [5.41, 5.74) is 0.672. The number of nitrogens with zero attached hydrogens (tertiary/aromatic N) is 1. The molecule has 0 saturated heterocycles. The van der Waals surface area contributed by atoms with Crippen molar-refractivity contribution in [3.63, 3.8) is 0 Å². The summed E-state index contributed by atoms with van der Waals surface area (Å²) in [5.74, 6) is -1.41. The van der Waals surface area contributed by atoms with Gasteiger partial charge in [0.1, 0.15) is 17.4 Å². The van der Waals surface area contributed by atoms with Crippen LogP contribution in [0, 0.1) is 5.82 Å². The zero-order chi connectivity index (χ0) is 14.8. The standard InChI is InChI=1S/C15H9ClFNO2S/c16-9-5-6-11(17)10(7-9)15(19)20-8-14-18-12-3-1-2-4-13(12)21-14/h1-7H,8H2. The molecular formula is C15H9ClFNO2S. The quantitative estimate of drug-likeness (QED) is 0.669. The van der Waals surface area contributed by atoms with Gasteiger partial charge in [-0.2, -0.15) is 0 Å². The zero-order valence-corrected chi connectivity index (χ0v) is 12.2. The van der Waals surface area contributed by atoms with E-state index in [0.717, 1.165) is 16.3 Å². The molecule has 21 heavy (non-hydrogen) atoms. The number of rotatable bonds is 3. The molecule has 6 heteroatoms. The molecule has 106 valence electrons. The maximum atomic E-state index is 13.5. The lowest BCUT2D eigenvalue weighted by Gasteiger charge is -2.04. The summed E-state index contributed by atoms with van der Waals surface area (Å²) in [4.78, 5) is 16.2. The molecule has 0 atom stereocenters. The number of ether oxygens (including phenoxy) is 1. The summed E-state index contributed by atoms with van der Waals surface area (Å²) in [6, 6.07) is 11.4. The van der Waals surface area contributed by atoms with Gasteiger partial charge in [-0.15, -0.1) is 11.3 Å². The first-order valence-corrected chi connectivity index (χ1v) is 7.29. The lowest BCUT2D eigenvalue weighted by Crippen LogP contribution is -2.07. The van der Waals surface area contributed by atoms with Gasteiger partial charge in [0.15, 0.2) is 0 Å². The molecule has 0 aliphatic rings. The Kier molecular flexibility index (Phi) is 3.86. The lowest BCUT2D eigenvalue weighted by molar-refractivity contribution is 0.0467. The molecule has 2 aromatic carbocycles. The first-order valence-electron chi connectivity index (χ1n) is 6.10. The molecule has 1 heterocycles. The molecule has 0 N–H and O–H groups in total. The minimum absolute atomic E-state index is 0.00410. The third kappa shape index (κ3) is 3.04. The summed E-state index contributed by atoms with van der Waals surface area (Å²) in [5, 5.41) is 0.940.